The molecule has 0 aliphatic heterocycles. The molecular weight excluding hydrogens is 360 g/mol. The zero-order valence-corrected chi connectivity index (χ0v) is 15.8. The van der Waals surface area contributed by atoms with E-state index in [1.165, 1.54) is 21.7 Å². The molecule has 2 aromatic heterocycles. The van der Waals surface area contributed by atoms with Gasteiger partial charge >= 0.3 is 5.82 Å². The predicted molar refractivity (Wildman–Crippen MR) is 106 cm³/mol. The van der Waals surface area contributed by atoms with E-state index in [-0.39, 0.29) is 18.3 Å². The Morgan fingerprint density at radius 2 is 2.18 bits per heavy atom. The van der Waals surface area contributed by atoms with Gasteiger partial charge in [0.05, 0.1) is 22.6 Å². The van der Waals surface area contributed by atoms with Crippen LogP contribution in [0, 0.1) is 17.0 Å². The number of rotatable bonds is 8. The number of nitro groups is 1. The van der Waals surface area contributed by atoms with E-state index < -0.39 is 4.92 Å². The average Bonchev–Trinajstić information content (AvgIpc) is 3.24. The fourth-order valence-electron chi connectivity index (χ4n) is 2.99. The summed E-state index contributed by atoms with van der Waals surface area (Å²) < 4.78 is 1.49. The molecule has 0 saturated heterocycles. The largest absolute Gasteiger partial charge is 0.390 e. The highest BCUT2D eigenvalue weighted by atomic mass is 16.6. The van der Waals surface area contributed by atoms with Crippen LogP contribution < -0.4 is 5.43 Å². The quantitative estimate of drug-likeness (QED) is 0.353. The van der Waals surface area contributed by atoms with E-state index in [9.17, 15) is 14.9 Å². The number of benzene rings is 1. The minimum absolute atomic E-state index is 0.164. The number of nitrogens with one attached hydrogen (secondary N) is 2. The van der Waals surface area contributed by atoms with E-state index in [0.717, 1.165) is 11.9 Å². The molecule has 2 heterocycles. The normalized spacial score (nSPS) is 11.7. The van der Waals surface area contributed by atoms with Gasteiger partial charge in [0.2, 0.25) is 5.91 Å². The molecule has 0 radical (unpaired) electrons. The molecule has 0 aliphatic rings. The van der Waals surface area contributed by atoms with Gasteiger partial charge in [-0.25, -0.2) is 5.43 Å². The topological polar surface area (TPSA) is 118 Å². The molecule has 1 amide bonds. The number of hydrogen-bond acceptors (Lipinski definition) is 5. The van der Waals surface area contributed by atoms with E-state index in [0.29, 0.717) is 24.2 Å². The average molecular weight is 382 g/mol. The highest BCUT2D eigenvalue weighted by Crippen LogP contribution is 2.19. The Bertz CT molecular complexity index is 1030. The number of amides is 1. The van der Waals surface area contributed by atoms with Crippen molar-refractivity contribution >= 4 is 28.3 Å². The summed E-state index contributed by atoms with van der Waals surface area (Å²) in [4.78, 5) is 25.5. The molecule has 2 N–H and O–H groups in total. The molecule has 0 unspecified atom stereocenters. The van der Waals surface area contributed by atoms with Crippen LogP contribution in [0.4, 0.5) is 5.82 Å². The third-order valence-electron chi connectivity index (χ3n) is 4.43. The third kappa shape index (κ3) is 4.61. The van der Waals surface area contributed by atoms with Crippen LogP contribution in [0.25, 0.3) is 10.9 Å². The highest BCUT2D eigenvalue weighted by molar-refractivity contribution is 5.84. The molecule has 146 valence electrons. The van der Waals surface area contributed by atoms with E-state index in [1.54, 1.807) is 13.8 Å². The van der Waals surface area contributed by atoms with Gasteiger partial charge in [0.1, 0.15) is 6.54 Å². The number of carbonyl (C=O) groups excluding carboxylic acids is 1. The van der Waals surface area contributed by atoms with Crippen molar-refractivity contribution in [1.29, 1.82) is 0 Å². The maximum atomic E-state index is 12.0. The molecular formula is C19H22N6O3. The first-order chi connectivity index (χ1) is 13.4. The lowest BCUT2D eigenvalue weighted by atomic mass is 10.1. The van der Waals surface area contributed by atoms with Crippen molar-refractivity contribution in [3.05, 3.63) is 57.9 Å². The summed E-state index contributed by atoms with van der Waals surface area (Å²) in [5.41, 5.74) is 6.08. The Morgan fingerprint density at radius 1 is 1.39 bits per heavy atom. The summed E-state index contributed by atoms with van der Waals surface area (Å²) in [6, 6.07) is 9.48. The molecule has 3 aromatic rings. The van der Waals surface area contributed by atoms with E-state index >= 15 is 0 Å². The number of fused-ring (bicyclic) bond motifs is 1. The van der Waals surface area contributed by atoms with Gasteiger partial charge in [-0.1, -0.05) is 18.2 Å². The number of aryl methyl sites for hydroxylation is 2. The molecule has 3 rings (SSSR count). The van der Waals surface area contributed by atoms with Gasteiger partial charge < -0.3 is 15.1 Å². The first-order valence-electron chi connectivity index (χ1n) is 9.00. The summed E-state index contributed by atoms with van der Waals surface area (Å²) in [6.07, 6.45) is 3.86. The summed E-state index contributed by atoms with van der Waals surface area (Å²) in [7, 11) is 0. The van der Waals surface area contributed by atoms with Crippen molar-refractivity contribution in [2.75, 3.05) is 0 Å². The van der Waals surface area contributed by atoms with Crippen molar-refractivity contribution in [1.82, 2.24) is 20.2 Å². The summed E-state index contributed by atoms with van der Waals surface area (Å²) in [6.45, 7) is 3.74. The smallest absolute Gasteiger partial charge is 0.361 e. The Morgan fingerprint density at radius 3 is 2.93 bits per heavy atom. The van der Waals surface area contributed by atoms with Gasteiger partial charge in [0.25, 0.3) is 0 Å². The standard InChI is InChI=1S/C19H22N6O3/c1-13(12-24-14(2)10-18(23-24)25(27)28)21-22-19(26)9-5-6-15-11-20-17-8-4-3-7-16(15)17/h3-4,7-8,10-11,20H,5-6,9,12H2,1-2H3,(H,22,26)/b21-13-. The Kier molecular flexibility index (Phi) is 5.83. The van der Waals surface area contributed by atoms with Crippen LogP contribution in [0.3, 0.4) is 0 Å². The number of carbonyl (C=O) groups is 1. The van der Waals surface area contributed by atoms with Gasteiger partial charge in [0.15, 0.2) is 0 Å². The summed E-state index contributed by atoms with van der Waals surface area (Å²) in [5, 5.41) is 19.9. The van der Waals surface area contributed by atoms with Gasteiger partial charge in [0, 0.05) is 23.5 Å². The van der Waals surface area contributed by atoms with Crippen LogP contribution >= 0.6 is 0 Å². The lowest BCUT2D eigenvalue weighted by Crippen LogP contribution is -2.20. The first kappa shape index (κ1) is 19.3. The van der Waals surface area contributed by atoms with Crippen molar-refractivity contribution < 1.29 is 9.72 Å². The predicted octanol–water partition coefficient (Wildman–Crippen LogP) is 3.10. The minimum Gasteiger partial charge on any atom is -0.361 e. The molecule has 9 nitrogen and oxygen atoms in total. The van der Waals surface area contributed by atoms with Gasteiger partial charge in [-0.3, -0.25) is 4.79 Å². The Balaban J connectivity index is 1.47. The number of aromatic nitrogens is 3. The van der Waals surface area contributed by atoms with Crippen LogP contribution in [0.15, 0.2) is 41.6 Å². The van der Waals surface area contributed by atoms with Gasteiger partial charge in [-0.15, -0.1) is 0 Å². The molecule has 0 bridgehead atoms. The van der Waals surface area contributed by atoms with Gasteiger partial charge in [-0.05, 0) is 43.2 Å². The molecule has 0 atom stereocenters. The SMILES string of the molecule is C/C(Cn1nc([N+](=O)[O-])cc1C)=N/NC(=O)CCCc1c[nH]c2ccccc12. The number of H-pyrrole nitrogens is 1. The Hall–Kier alpha value is -3.49. The lowest BCUT2D eigenvalue weighted by molar-refractivity contribution is -0.389. The van der Waals surface area contributed by atoms with Crippen molar-refractivity contribution in [3.63, 3.8) is 0 Å². The fourth-order valence-corrected chi connectivity index (χ4v) is 2.99. The third-order valence-corrected chi connectivity index (χ3v) is 4.43. The number of nitrogens with zero attached hydrogens (tertiary/aromatic N) is 4. The number of hydrogen-bond donors (Lipinski definition) is 2. The zero-order valence-electron chi connectivity index (χ0n) is 15.8. The molecule has 28 heavy (non-hydrogen) atoms. The number of hydrazone groups is 1. The van der Waals surface area contributed by atoms with Crippen LogP contribution in [0.5, 0.6) is 0 Å². The minimum atomic E-state index is -0.536. The van der Waals surface area contributed by atoms with Crippen LogP contribution in [0.1, 0.15) is 31.0 Å². The highest BCUT2D eigenvalue weighted by Gasteiger charge is 2.15. The Labute approximate surface area is 161 Å². The van der Waals surface area contributed by atoms with Crippen LogP contribution in [-0.4, -0.2) is 31.3 Å². The second-order valence-corrected chi connectivity index (χ2v) is 6.65. The van der Waals surface area contributed by atoms with Crippen molar-refractivity contribution in [2.45, 2.75) is 39.7 Å². The summed E-state index contributed by atoms with van der Waals surface area (Å²) in [5.74, 6) is -0.367. The van der Waals surface area contributed by atoms with Crippen LogP contribution in [-0.2, 0) is 17.8 Å². The lowest BCUT2D eigenvalue weighted by Gasteiger charge is -2.03. The maximum Gasteiger partial charge on any atom is 0.390 e. The maximum absolute atomic E-state index is 12.0. The fraction of sp³-hybridized carbons (Fsp3) is 0.316. The van der Waals surface area contributed by atoms with E-state index in [1.807, 2.05) is 24.4 Å². The second-order valence-electron chi connectivity index (χ2n) is 6.65. The molecule has 0 fully saturated rings. The molecule has 1 aromatic carbocycles. The summed E-state index contributed by atoms with van der Waals surface area (Å²) >= 11 is 0. The number of aromatic amines is 1. The van der Waals surface area contributed by atoms with E-state index in [4.69, 9.17) is 0 Å². The zero-order chi connectivity index (χ0) is 20.1. The monoisotopic (exact) mass is 382 g/mol. The van der Waals surface area contributed by atoms with Crippen molar-refractivity contribution in [3.8, 4) is 0 Å². The van der Waals surface area contributed by atoms with Crippen molar-refractivity contribution in [2.24, 2.45) is 5.10 Å². The van der Waals surface area contributed by atoms with Crippen LogP contribution in [0.2, 0.25) is 0 Å². The molecule has 0 aliphatic carbocycles. The number of para-hydroxylation sites is 1. The second kappa shape index (κ2) is 8.47. The first-order valence-corrected chi connectivity index (χ1v) is 9.00. The molecule has 0 saturated carbocycles. The molecule has 0 spiro atoms. The van der Waals surface area contributed by atoms with Gasteiger partial charge in [-0.2, -0.15) is 9.78 Å². The molecule has 9 heteroatoms. The van der Waals surface area contributed by atoms with E-state index in [2.05, 4.69) is 26.7 Å².